The van der Waals surface area contributed by atoms with Gasteiger partial charge in [0.2, 0.25) is 0 Å². The number of carbonyl (C=O) groups excluding carboxylic acids is 1. The molecule has 2 nitrogen and oxygen atoms in total. The Labute approximate surface area is 124 Å². The fourth-order valence-electron chi connectivity index (χ4n) is 1.72. The molecule has 0 radical (unpaired) electrons. The molecule has 0 bridgehead atoms. The van der Waals surface area contributed by atoms with Gasteiger partial charge in [-0.2, -0.15) is 0 Å². The second-order valence-electron chi connectivity index (χ2n) is 3.91. The highest BCUT2D eigenvalue weighted by Gasteiger charge is 2.13. The second kappa shape index (κ2) is 6.14. The summed E-state index contributed by atoms with van der Waals surface area (Å²) in [6.45, 7) is 2.43. The Kier molecular flexibility index (Phi) is 4.52. The van der Waals surface area contributed by atoms with Crippen molar-refractivity contribution in [3.63, 3.8) is 0 Å². The molecule has 0 amide bonds. The monoisotopic (exact) mass is 370 g/mol. The minimum Gasteiger partial charge on any atom is -0.494 e. The molecule has 0 unspecified atom stereocenters. The lowest BCUT2D eigenvalue weighted by atomic mass is 10.0. The van der Waals surface area contributed by atoms with E-state index in [1.165, 1.54) is 18.2 Å². The summed E-state index contributed by atoms with van der Waals surface area (Å²) in [4.78, 5) is 12.4. The maximum atomic E-state index is 13.0. The first-order valence-corrected chi connectivity index (χ1v) is 6.92. The van der Waals surface area contributed by atoms with Crippen LogP contribution in [-0.2, 0) is 0 Å². The third kappa shape index (κ3) is 3.32. The average molecular weight is 370 g/mol. The van der Waals surface area contributed by atoms with Crippen LogP contribution in [0.4, 0.5) is 4.39 Å². The summed E-state index contributed by atoms with van der Waals surface area (Å²) >= 11 is 1.96. The number of carbonyl (C=O) groups is 1. The molecule has 0 aliphatic rings. The molecule has 0 aromatic heterocycles. The standard InChI is InChI=1S/C15H12FIO2/c1-2-19-12-5-3-4-10(8-12)15(18)13-7-6-11(16)9-14(13)17/h3-9H,2H2,1H3. The van der Waals surface area contributed by atoms with Gasteiger partial charge in [0.05, 0.1) is 6.61 Å². The van der Waals surface area contributed by atoms with Crippen molar-refractivity contribution < 1.29 is 13.9 Å². The van der Waals surface area contributed by atoms with E-state index in [1.54, 1.807) is 24.3 Å². The van der Waals surface area contributed by atoms with Gasteiger partial charge in [-0.05, 0) is 59.8 Å². The molecule has 2 aromatic rings. The summed E-state index contributed by atoms with van der Waals surface area (Å²) in [7, 11) is 0. The predicted octanol–water partition coefficient (Wildman–Crippen LogP) is 4.06. The van der Waals surface area contributed by atoms with Crippen LogP contribution in [0.25, 0.3) is 0 Å². The fourth-order valence-corrected chi connectivity index (χ4v) is 2.45. The Morgan fingerprint density at radius 1 is 1.26 bits per heavy atom. The van der Waals surface area contributed by atoms with E-state index >= 15 is 0 Å². The Morgan fingerprint density at radius 3 is 2.74 bits per heavy atom. The average Bonchev–Trinajstić information content (AvgIpc) is 2.39. The lowest BCUT2D eigenvalue weighted by molar-refractivity contribution is 0.103. The third-order valence-electron chi connectivity index (χ3n) is 2.58. The smallest absolute Gasteiger partial charge is 0.194 e. The number of benzene rings is 2. The van der Waals surface area contributed by atoms with E-state index in [4.69, 9.17) is 4.74 Å². The van der Waals surface area contributed by atoms with Crippen LogP contribution in [0.2, 0.25) is 0 Å². The summed E-state index contributed by atoms with van der Waals surface area (Å²) < 4.78 is 19.0. The minimum atomic E-state index is -0.344. The number of hydrogen-bond donors (Lipinski definition) is 0. The van der Waals surface area contributed by atoms with Gasteiger partial charge < -0.3 is 4.74 Å². The van der Waals surface area contributed by atoms with Crippen molar-refractivity contribution in [2.45, 2.75) is 6.92 Å². The summed E-state index contributed by atoms with van der Waals surface area (Å²) in [5.74, 6) is 0.181. The van der Waals surface area contributed by atoms with Crippen molar-refractivity contribution in [1.82, 2.24) is 0 Å². The zero-order valence-electron chi connectivity index (χ0n) is 10.3. The van der Waals surface area contributed by atoms with E-state index in [0.29, 0.717) is 27.1 Å². The quantitative estimate of drug-likeness (QED) is 0.600. The zero-order chi connectivity index (χ0) is 13.8. The molecule has 19 heavy (non-hydrogen) atoms. The number of hydrogen-bond acceptors (Lipinski definition) is 2. The molecule has 0 heterocycles. The maximum absolute atomic E-state index is 13.0. The highest BCUT2D eigenvalue weighted by molar-refractivity contribution is 14.1. The van der Waals surface area contributed by atoms with Crippen molar-refractivity contribution in [3.8, 4) is 5.75 Å². The molecule has 2 aromatic carbocycles. The van der Waals surface area contributed by atoms with Gasteiger partial charge in [0.1, 0.15) is 11.6 Å². The molecule has 0 aliphatic heterocycles. The molecule has 0 N–H and O–H groups in total. The van der Waals surface area contributed by atoms with Crippen molar-refractivity contribution >= 4 is 28.4 Å². The topological polar surface area (TPSA) is 26.3 Å². The molecule has 0 fully saturated rings. The van der Waals surface area contributed by atoms with E-state index in [-0.39, 0.29) is 11.6 Å². The molecule has 0 atom stereocenters. The summed E-state index contributed by atoms with van der Waals surface area (Å²) in [5.41, 5.74) is 1.03. The van der Waals surface area contributed by atoms with Crippen LogP contribution in [0.5, 0.6) is 5.75 Å². The van der Waals surface area contributed by atoms with E-state index in [2.05, 4.69) is 0 Å². The second-order valence-corrected chi connectivity index (χ2v) is 5.08. The van der Waals surface area contributed by atoms with Crippen LogP contribution in [0, 0.1) is 9.39 Å². The van der Waals surface area contributed by atoms with Crippen LogP contribution in [0.1, 0.15) is 22.8 Å². The Hall–Kier alpha value is -1.43. The number of halogens is 2. The molecule has 2 rings (SSSR count). The first-order chi connectivity index (χ1) is 9.11. The third-order valence-corrected chi connectivity index (χ3v) is 3.48. The van der Waals surface area contributed by atoms with Crippen LogP contribution in [-0.4, -0.2) is 12.4 Å². The van der Waals surface area contributed by atoms with Crippen LogP contribution < -0.4 is 4.74 Å². The molecule has 4 heteroatoms. The molecule has 0 saturated carbocycles. The van der Waals surface area contributed by atoms with E-state index in [9.17, 15) is 9.18 Å². The zero-order valence-corrected chi connectivity index (χ0v) is 12.5. The molecular formula is C15H12FIO2. The SMILES string of the molecule is CCOc1cccc(C(=O)c2ccc(F)cc2I)c1. The minimum absolute atomic E-state index is 0.133. The van der Waals surface area contributed by atoms with Gasteiger partial charge in [-0.3, -0.25) is 4.79 Å². The van der Waals surface area contributed by atoms with Gasteiger partial charge in [-0.1, -0.05) is 12.1 Å². The first-order valence-electron chi connectivity index (χ1n) is 5.84. The fraction of sp³-hybridized carbons (Fsp3) is 0.133. The summed E-state index contributed by atoms with van der Waals surface area (Å²) in [6, 6.07) is 11.1. The Balaban J connectivity index is 2.35. The van der Waals surface area contributed by atoms with Gasteiger partial charge in [-0.15, -0.1) is 0 Å². The number of ether oxygens (including phenoxy) is 1. The molecule has 0 aliphatic carbocycles. The van der Waals surface area contributed by atoms with Crippen molar-refractivity contribution in [2.24, 2.45) is 0 Å². The van der Waals surface area contributed by atoms with E-state index in [1.807, 2.05) is 29.5 Å². The largest absolute Gasteiger partial charge is 0.494 e. The number of rotatable bonds is 4. The van der Waals surface area contributed by atoms with Crippen molar-refractivity contribution in [2.75, 3.05) is 6.61 Å². The molecule has 98 valence electrons. The van der Waals surface area contributed by atoms with Gasteiger partial charge in [0.25, 0.3) is 0 Å². The molecular weight excluding hydrogens is 358 g/mol. The van der Waals surface area contributed by atoms with Crippen LogP contribution >= 0.6 is 22.6 Å². The van der Waals surface area contributed by atoms with Gasteiger partial charge in [0.15, 0.2) is 5.78 Å². The van der Waals surface area contributed by atoms with Gasteiger partial charge in [0, 0.05) is 14.7 Å². The van der Waals surface area contributed by atoms with Crippen LogP contribution in [0.15, 0.2) is 42.5 Å². The lowest BCUT2D eigenvalue weighted by Crippen LogP contribution is -2.04. The lowest BCUT2D eigenvalue weighted by Gasteiger charge is -2.07. The summed E-state index contributed by atoms with van der Waals surface area (Å²) in [5, 5.41) is 0. The van der Waals surface area contributed by atoms with Crippen LogP contribution in [0.3, 0.4) is 0 Å². The first kappa shape index (κ1) is 14.0. The van der Waals surface area contributed by atoms with Crippen molar-refractivity contribution in [3.05, 3.63) is 63.0 Å². The van der Waals surface area contributed by atoms with E-state index in [0.717, 1.165) is 0 Å². The number of ketones is 1. The summed E-state index contributed by atoms with van der Waals surface area (Å²) in [6.07, 6.45) is 0. The normalized spacial score (nSPS) is 10.3. The highest BCUT2D eigenvalue weighted by atomic mass is 127. The highest BCUT2D eigenvalue weighted by Crippen LogP contribution is 2.20. The van der Waals surface area contributed by atoms with Gasteiger partial charge in [-0.25, -0.2) is 4.39 Å². The van der Waals surface area contributed by atoms with Gasteiger partial charge >= 0.3 is 0 Å². The molecule has 0 saturated heterocycles. The van der Waals surface area contributed by atoms with Crippen molar-refractivity contribution in [1.29, 1.82) is 0 Å². The predicted molar refractivity (Wildman–Crippen MR) is 80.2 cm³/mol. The Morgan fingerprint density at radius 2 is 2.05 bits per heavy atom. The Bertz CT molecular complexity index is 611. The van der Waals surface area contributed by atoms with E-state index < -0.39 is 0 Å². The maximum Gasteiger partial charge on any atom is 0.194 e. The molecule has 0 spiro atoms.